The highest BCUT2D eigenvalue weighted by molar-refractivity contribution is 7.15. The van der Waals surface area contributed by atoms with Crippen LogP contribution < -0.4 is 10.1 Å². The van der Waals surface area contributed by atoms with Crippen molar-refractivity contribution in [3.05, 3.63) is 46.7 Å². The fraction of sp³-hybridized carbons (Fsp3) is 0.188. The number of aromatic nitrogens is 2. The van der Waals surface area contributed by atoms with Gasteiger partial charge in [0.15, 0.2) is 11.6 Å². The summed E-state index contributed by atoms with van der Waals surface area (Å²) in [5.41, 5.74) is 0.783. The van der Waals surface area contributed by atoms with Gasteiger partial charge in [0.2, 0.25) is 0 Å². The van der Waals surface area contributed by atoms with E-state index in [1.54, 1.807) is 10.6 Å². The number of ether oxygens (including phenoxy) is 2. The van der Waals surface area contributed by atoms with Crippen LogP contribution in [0.25, 0.3) is 4.96 Å². The quantitative estimate of drug-likeness (QED) is 0.598. The number of benzene rings is 1. The summed E-state index contributed by atoms with van der Waals surface area (Å²) >= 11 is 7.23. The van der Waals surface area contributed by atoms with Crippen molar-refractivity contribution in [1.82, 2.24) is 9.38 Å². The Bertz CT molecular complexity index is 947. The minimum atomic E-state index is -3.01. The van der Waals surface area contributed by atoms with Crippen LogP contribution in [0.15, 0.2) is 36.0 Å². The zero-order chi connectivity index (χ0) is 19.4. The van der Waals surface area contributed by atoms with Crippen molar-refractivity contribution in [3.63, 3.8) is 0 Å². The Morgan fingerprint density at radius 3 is 2.89 bits per heavy atom. The van der Waals surface area contributed by atoms with Crippen LogP contribution in [0.1, 0.15) is 5.69 Å². The van der Waals surface area contributed by atoms with Gasteiger partial charge in [0.05, 0.1) is 17.1 Å². The molecule has 0 saturated carbocycles. The SMILES string of the molecule is O=C(COC(=O)Cc1cn2ccsc2n1)Nc1ccc(OC(F)F)c(Cl)c1. The summed E-state index contributed by atoms with van der Waals surface area (Å²) in [5.74, 6) is -1.42. The molecule has 2 heterocycles. The van der Waals surface area contributed by atoms with Crippen molar-refractivity contribution < 1.29 is 27.8 Å². The highest BCUT2D eigenvalue weighted by atomic mass is 35.5. The van der Waals surface area contributed by atoms with Crippen LogP contribution in [0.5, 0.6) is 5.75 Å². The number of imidazole rings is 1. The Morgan fingerprint density at radius 1 is 1.37 bits per heavy atom. The van der Waals surface area contributed by atoms with Gasteiger partial charge in [-0.15, -0.1) is 11.3 Å². The molecule has 0 bridgehead atoms. The number of halogens is 3. The van der Waals surface area contributed by atoms with Crippen molar-refractivity contribution in [2.24, 2.45) is 0 Å². The summed E-state index contributed by atoms with van der Waals surface area (Å²) in [7, 11) is 0. The van der Waals surface area contributed by atoms with Crippen molar-refractivity contribution in [1.29, 1.82) is 0 Å². The Hall–Kier alpha value is -2.72. The van der Waals surface area contributed by atoms with Crippen LogP contribution in [0, 0.1) is 0 Å². The molecule has 1 amide bonds. The number of rotatable bonds is 7. The summed E-state index contributed by atoms with van der Waals surface area (Å²) < 4.78 is 35.3. The van der Waals surface area contributed by atoms with E-state index in [1.165, 1.54) is 29.5 Å². The standard InChI is InChI=1S/C16H12ClF2N3O4S/c17-11-5-9(1-2-12(11)26-15(18)19)20-13(23)8-25-14(24)6-10-7-22-3-4-27-16(22)21-10/h1-5,7,15H,6,8H2,(H,20,23). The first-order chi connectivity index (χ1) is 12.9. The highest BCUT2D eigenvalue weighted by Gasteiger charge is 2.13. The summed E-state index contributed by atoms with van der Waals surface area (Å²) in [6.45, 7) is -3.51. The number of thiazole rings is 1. The Labute approximate surface area is 160 Å². The third kappa shape index (κ3) is 5.14. The second-order valence-electron chi connectivity index (χ2n) is 5.23. The van der Waals surface area contributed by atoms with E-state index in [9.17, 15) is 18.4 Å². The lowest BCUT2D eigenvalue weighted by atomic mass is 10.3. The van der Waals surface area contributed by atoms with Gasteiger partial charge < -0.3 is 14.8 Å². The molecule has 142 valence electrons. The van der Waals surface area contributed by atoms with Gasteiger partial charge >= 0.3 is 12.6 Å². The third-order valence-electron chi connectivity index (χ3n) is 3.26. The largest absolute Gasteiger partial charge is 0.455 e. The van der Waals surface area contributed by atoms with E-state index < -0.39 is 25.1 Å². The number of anilines is 1. The second kappa shape index (κ2) is 8.31. The summed E-state index contributed by atoms with van der Waals surface area (Å²) in [6.07, 6.45) is 3.46. The Morgan fingerprint density at radius 2 is 2.19 bits per heavy atom. The predicted octanol–water partition coefficient (Wildman–Crippen LogP) is 3.38. The Kier molecular flexibility index (Phi) is 5.87. The minimum absolute atomic E-state index is 0.0623. The molecule has 0 saturated heterocycles. The van der Waals surface area contributed by atoms with Crippen LogP contribution in [0.2, 0.25) is 5.02 Å². The molecule has 0 aliphatic carbocycles. The van der Waals surface area contributed by atoms with Crippen molar-refractivity contribution in [2.45, 2.75) is 13.0 Å². The maximum absolute atomic E-state index is 12.2. The zero-order valence-electron chi connectivity index (χ0n) is 13.5. The molecule has 2 aromatic heterocycles. The second-order valence-corrected chi connectivity index (χ2v) is 6.51. The molecule has 0 fully saturated rings. The van der Waals surface area contributed by atoms with Crippen molar-refractivity contribution >= 4 is 45.5 Å². The van der Waals surface area contributed by atoms with Crippen LogP contribution in [0.4, 0.5) is 14.5 Å². The number of fused-ring (bicyclic) bond motifs is 1. The lowest BCUT2D eigenvalue weighted by Gasteiger charge is -2.09. The number of esters is 1. The van der Waals surface area contributed by atoms with Gasteiger partial charge in [-0.1, -0.05) is 11.6 Å². The third-order valence-corrected chi connectivity index (χ3v) is 4.33. The van der Waals surface area contributed by atoms with Gasteiger partial charge in [-0.3, -0.25) is 14.0 Å². The number of amides is 1. The molecule has 3 rings (SSSR count). The molecule has 0 aliphatic rings. The van der Waals surface area contributed by atoms with Crippen LogP contribution in [-0.2, 0) is 20.7 Å². The topological polar surface area (TPSA) is 81.9 Å². The van der Waals surface area contributed by atoms with E-state index in [0.717, 1.165) is 4.96 Å². The van der Waals surface area contributed by atoms with Gasteiger partial charge in [0.1, 0.15) is 5.75 Å². The van der Waals surface area contributed by atoms with Crippen LogP contribution >= 0.6 is 22.9 Å². The molecule has 27 heavy (non-hydrogen) atoms. The number of hydrogen-bond donors (Lipinski definition) is 1. The first-order valence-electron chi connectivity index (χ1n) is 7.51. The fourth-order valence-electron chi connectivity index (χ4n) is 2.17. The molecule has 11 heteroatoms. The van der Waals surface area contributed by atoms with Crippen molar-refractivity contribution in [2.75, 3.05) is 11.9 Å². The molecule has 1 aromatic carbocycles. The van der Waals surface area contributed by atoms with Crippen molar-refractivity contribution in [3.8, 4) is 5.75 Å². The lowest BCUT2D eigenvalue weighted by Crippen LogP contribution is -2.21. The molecular weight excluding hydrogens is 404 g/mol. The lowest BCUT2D eigenvalue weighted by molar-refractivity contribution is -0.146. The van der Waals surface area contributed by atoms with E-state index >= 15 is 0 Å². The first-order valence-corrected chi connectivity index (χ1v) is 8.77. The van der Waals surface area contributed by atoms with Gasteiger partial charge in [-0.25, -0.2) is 4.98 Å². The molecule has 0 atom stereocenters. The van der Waals surface area contributed by atoms with E-state index in [4.69, 9.17) is 16.3 Å². The molecule has 0 aliphatic heterocycles. The summed E-state index contributed by atoms with van der Waals surface area (Å²) in [4.78, 5) is 28.7. The average Bonchev–Trinajstić information content (AvgIpc) is 3.16. The van der Waals surface area contributed by atoms with Crippen LogP contribution in [-0.4, -0.2) is 34.5 Å². The molecule has 7 nitrogen and oxygen atoms in total. The van der Waals surface area contributed by atoms with Gasteiger partial charge in [0.25, 0.3) is 5.91 Å². The van der Waals surface area contributed by atoms with Gasteiger partial charge in [0, 0.05) is 23.5 Å². The summed E-state index contributed by atoms with van der Waals surface area (Å²) in [5, 5.41) is 4.21. The van der Waals surface area contributed by atoms with E-state index in [0.29, 0.717) is 5.69 Å². The maximum Gasteiger partial charge on any atom is 0.387 e. The molecule has 0 spiro atoms. The number of nitrogens with one attached hydrogen (secondary N) is 1. The van der Waals surface area contributed by atoms with Gasteiger partial charge in [-0.05, 0) is 18.2 Å². The maximum atomic E-state index is 12.2. The smallest absolute Gasteiger partial charge is 0.387 e. The molecular formula is C16H12ClF2N3O4S. The number of carbonyl (C=O) groups excluding carboxylic acids is 2. The normalized spacial score (nSPS) is 11.0. The molecule has 0 radical (unpaired) electrons. The number of hydrogen-bond acceptors (Lipinski definition) is 6. The fourth-order valence-corrected chi connectivity index (χ4v) is 3.12. The minimum Gasteiger partial charge on any atom is -0.455 e. The molecule has 1 N–H and O–H groups in total. The van der Waals surface area contributed by atoms with E-state index in [2.05, 4.69) is 15.0 Å². The molecule has 3 aromatic rings. The Balaban J connectivity index is 1.48. The monoisotopic (exact) mass is 415 g/mol. The number of carbonyl (C=O) groups is 2. The number of nitrogens with zero attached hydrogens (tertiary/aromatic N) is 2. The van der Waals surface area contributed by atoms with E-state index in [1.807, 2.05) is 11.6 Å². The predicted molar refractivity (Wildman–Crippen MR) is 94.4 cm³/mol. The molecule has 0 unspecified atom stereocenters. The van der Waals surface area contributed by atoms with Crippen LogP contribution in [0.3, 0.4) is 0 Å². The number of alkyl halides is 2. The van der Waals surface area contributed by atoms with Gasteiger partial charge in [-0.2, -0.15) is 8.78 Å². The highest BCUT2D eigenvalue weighted by Crippen LogP contribution is 2.28. The average molecular weight is 416 g/mol. The summed E-state index contributed by atoms with van der Waals surface area (Å²) in [6, 6.07) is 3.78. The first kappa shape index (κ1) is 19.1. The zero-order valence-corrected chi connectivity index (χ0v) is 15.1. The van der Waals surface area contributed by atoms with E-state index in [-0.39, 0.29) is 22.9 Å².